The summed E-state index contributed by atoms with van der Waals surface area (Å²) in [6.45, 7) is 18.9. The molecule has 67 heavy (non-hydrogen) atoms. The van der Waals surface area contributed by atoms with E-state index in [1.807, 2.05) is 23.5 Å². The van der Waals surface area contributed by atoms with Gasteiger partial charge in [0.15, 0.2) is 0 Å². The Bertz CT molecular complexity index is 3350. The number of aromatic nitrogens is 1. The molecule has 0 aliphatic carbocycles. The molecular weight excluding hydrogens is 856 g/mol. The van der Waals surface area contributed by atoms with Crippen molar-refractivity contribution >= 4 is 103 Å². The highest BCUT2D eigenvalue weighted by Crippen LogP contribution is 2.63. The zero-order chi connectivity index (χ0) is 45.5. The van der Waals surface area contributed by atoms with Crippen molar-refractivity contribution in [3.63, 3.8) is 0 Å². The molecule has 0 unspecified atom stereocenters. The van der Waals surface area contributed by atoms with Crippen LogP contribution in [-0.2, 0) is 4.74 Å². The molecule has 8 aromatic rings. The summed E-state index contributed by atoms with van der Waals surface area (Å²) in [6, 6.07) is 56.1. The normalized spacial score (nSPS) is 19.4. The van der Waals surface area contributed by atoms with E-state index in [9.17, 15) is 0 Å². The number of allylic oxidation sites excluding steroid dienone is 1. The van der Waals surface area contributed by atoms with Crippen LogP contribution in [0.2, 0.25) is 0 Å². The molecule has 0 fully saturated rings. The van der Waals surface area contributed by atoms with Crippen LogP contribution in [-0.4, -0.2) is 28.3 Å². The minimum Gasteiger partial charge on any atom is -0.499 e. The number of hydrogen-bond donors (Lipinski definition) is 0. The van der Waals surface area contributed by atoms with Gasteiger partial charge in [0.2, 0.25) is 0 Å². The van der Waals surface area contributed by atoms with E-state index in [2.05, 4.69) is 221 Å². The van der Waals surface area contributed by atoms with Gasteiger partial charge in [0.1, 0.15) is 17.1 Å². The molecule has 9 heteroatoms. The van der Waals surface area contributed by atoms with Crippen molar-refractivity contribution in [2.75, 3.05) is 9.80 Å². The molecule has 0 atom stereocenters. The Morgan fingerprint density at radius 1 is 0.493 bits per heavy atom. The number of anilines is 4. The molecule has 6 aliphatic heterocycles. The summed E-state index contributed by atoms with van der Waals surface area (Å²) >= 11 is 3.94. The van der Waals surface area contributed by atoms with Crippen molar-refractivity contribution in [2.45, 2.75) is 75.5 Å². The lowest BCUT2D eigenvalue weighted by Gasteiger charge is -2.44. The standard InChI is InChI=1S/C58H49B2N3O2S2/c1-55(2)51-53(65-57(55,5)6)59-40-33-44-38(31-48(40)66-47-29-19-27-42(50(47)59)62(51)35-22-14-10-15-23-35)37-30-46-39(32-43(37)61(44)34-20-12-9-13-21-34)60-49-41(26-18-28-45(49)64-46)63(36-24-16-11-17-25-36)52-54(60)67-58(7,8)56(52,3)4/h9-33H,1-8H3. The summed E-state index contributed by atoms with van der Waals surface area (Å²) in [5.41, 5.74) is 16.2. The first-order valence-corrected chi connectivity index (χ1v) is 25.3. The Morgan fingerprint density at radius 2 is 1.07 bits per heavy atom. The van der Waals surface area contributed by atoms with Crippen LogP contribution in [0.5, 0.6) is 11.5 Å². The molecule has 14 rings (SSSR count). The highest BCUT2D eigenvalue weighted by molar-refractivity contribution is 8.06. The molecule has 0 saturated carbocycles. The molecule has 7 aromatic carbocycles. The monoisotopic (exact) mass is 905 g/mol. The third-order valence-corrected chi connectivity index (χ3v) is 19.5. The average molecular weight is 906 g/mol. The zero-order valence-electron chi connectivity index (χ0n) is 39.1. The lowest BCUT2D eigenvalue weighted by atomic mass is 9.37. The van der Waals surface area contributed by atoms with Gasteiger partial charge in [-0.25, -0.2) is 0 Å². The van der Waals surface area contributed by atoms with Crippen molar-refractivity contribution in [3.05, 3.63) is 174 Å². The van der Waals surface area contributed by atoms with Crippen LogP contribution < -0.4 is 36.4 Å². The van der Waals surface area contributed by atoms with Gasteiger partial charge in [-0.15, -0.1) is 11.8 Å². The van der Waals surface area contributed by atoms with E-state index in [0.29, 0.717) is 0 Å². The first-order chi connectivity index (χ1) is 32.2. The molecule has 0 radical (unpaired) electrons. The SMILES string of the molecule is CC1(C)OC2=C(N(c3ccccc3)c3cccc4c3B2c2cc3c(cc2S4)c2cc4c(cc2n3-c2ccccc2)B2C3=C(N(c5ccccc5)c5cccc(c52)O4)C(C)(C)C(C)(C)S3)C1(C)C. The fourth-order valence-corrected chi connectivity index (χ4v) is 15.0. The van der Waals surface area contributed by atoms with Crippen LogP contribution in [0.1, 0.15) is 55.4 Å². The van der Waals surface area contributed by atoms with Crippen molar-refractivity contribution in [1.29, 1.82) is 0 Å². The fraction of sp³-hybridized carbons (Fsp3) is 0.207. The van der Waals surface area contributed by atoms with E-state index >= 15 is 0 Å². The molecule has 0 saturated heterocycles. The van der Waals surface area contributed by atoms with Crippen molar-refractivity contribution in [1.82, 2.24) is 4.57 Å². The summed E-state index contributed by atoms with van der Waals surface area (Å²) < 4.78 is 17.0. The third-order valence-electron chi connectivity index (χ3n) is 16.6. The van der Waals surface area contributed by atoms with Gasteiger partial charge >= 0.3 is 0 Å². The maximum atomic E-state index is 7.34. The zero-order valence-corrected chi connectivity index (χ0v) is 40.7. The number of benzene rings is 7. The predicted octanol–water partition coefficient (Wildman–Crippen LogP) is 12.8. The number of thioether (sulfide) groups is 1. The van der Waals surface area contributed by atoms with E-state index in [1.54, 1.807) is 0 Å². The smallest absolute Gasteiger partial charge is 0.293 e. The van der Waals surface area contributed by atoms with Gasteiger partial charge in [-0.05, 0) is 139 Å². The number of hydrogen-bond acceptors (Lipinski definition) is 6. The van der Waals surface area contributed by atoms with Crippen LogP contribution in [0.25, 0.3) is 27.5 Å². The van der Waals surface area contributed by atoms with Crippen LogP contribution in [0.3, 0.4) is 0 Å². The van der Waals surface area contributed by atoms with E-state index in [-0.39, 0.29) is 29.0 Å². The Labute approximate surface area is 402 Å². The van der Waals surface area contributed by atoms with Crippen LogP contribution in [0, 0.1) is 10.8 Å². The summed E-state index contributed by atoms with van der Waals surface area (Å²) in [5.74, 6) is 1.87. The summed E-state index contributed by atoms with van der Waals surface area (Å²) in [6.07, 6.45) is 0. The number of rotatable bonds is 3. The Hall–Kier alpha value is -6.15. The molecule has 0 amide bonds. The van der Waals surface area contributed by atoms with Gasteiger partial charge in [0.05, 0.1) is 22.4 Å². The highest BCUT2D eigenvalue weighted by atomic mass is 32.2. The lowest BCUT2D eigenvalue weighted by molar-refractivity contribution is -0.000695. The van der Waals surface area contributed by atoms with Gasteiger partial charge in [-0.3, -0.25) is 0 Å². The second-order valence-corrected chi connectivity index (χ2v) is 23.9. The average Bonchev–Trinajstić information content (AvgIpc) is 3.80. The second-order valence-electron chi connectivity index (χ2n) is 21.2. The van der Waals surface area contributed by atoms with E-state index in [1.165, 1.54) is 86.7 Å². The second kappa shape index (κ2) is 13.3. The quantitative estimate of drug-likeness (QED) is 0.164. The summed E-state index contributed by atoms with van der Waals surface area (Å²) in [7, 11) is 0. The number of para-hydroxylation sites is 3. The number of ether oxygens (including phenoxy) is 2. The molecule has 6 aliphatic rings. The molecule has 0 N–H and O–H groups in total. The van der Waals surface area contributed by atoms with E-state index in [0.717, 1.165) is 28.5 Å². The molecule has 1 aromatic heterocycles. The predicted molar refractivity (Wildman–Crippen MR) is 284 cm³/mol. The minimum atomic E-state index is -0.439. The molecule has 5 nitrogen and oxygen atoms in total. The van der Waals surface area contributed by atoms with Crippen LogP contribution >= 0.6 is 23.5 Å². The minimum absolute atomic E-state index is 0.0191. The van der Waals surface area contributed by atoms with E-state index < -0.39 is 5.60 Å². The maximum absolute atomic E-state index is 7.34. The van der Waals surface area contributed by atoms with Gasteiger partial charge in [-0.1, -0.05) is 106 Å². The Morgan fingerprint density at radius 3 is 1.75 bits per heavy atom. The largest absolute Gasteiger partial charge is 0.499 e. The van der Waals surface area contributed by atoms with Gasteiger partial charge in [-0.2, -0.15) is 0 Å². The van der Waals surface area contributed by atoms with Gasteiger partial charge < -0.3 is 23.8 Å². The first kappa shape index (κ1) is 40.0. The number of fused-ring (bicyclic) bond motifs is 9. The fourth-order valence-electron chi connectivity index (χ4n) is 12.1. The van der Waals surface area contributed by atoms with E-state index in [4.69, 9.17) is 9.47 Å². The topological polar surface area (TPSA) is 29.9 Å². The van der Waals surface area contributed by atoms with Gasteiger partial charge in [0.25, 0.3) is 13.4 Å². The van der Waals surface area contributed by atoms with Gasteiger partial charge in [0, 0.05) is 70.3 Å². The third kappa shape index (κ3) is 5.12. The first-order valence-electron chi connectivity index (χ1n) is 23.7. The Balaban J connectivity index is 1.03. The summed E-state index contributed by atoms with van der Waals surface area (Å²) in [5, 5.41) is 2.41. The molecule has 0 bridgehead atoms. The van der Waals surface area contributed by atoms with Crippen molar-refractivity contribution in [3.8, 4) is 17.2 Å². The molecule has 0 spiro atoms. The van der Waals surface area contributed by atoms with Crippen LogP contribution in [0.15, 0.2) is 183 Å². The summed E-state index contributed by atoms with van der Waals surface area (Å²) in [4.78, 5) is 8.99. The van der Waals surface area contributed by atoms with Crippen molar-refractivity contribution < 1.29 is 9.47 Å². The van der Waals surface area contributed by atoms with Crippen molar-refractivity contribution in [2.24, 2.45) is 10.8 Å². The molecule has 7 heterocycles. The lowest BCUT2D eigenvalue weighted by Crippen LogP contribution is -2.54. The molecule has 326 valence electrons. The molecular formula is C58H49B2N3O2S2. The highest BCUT2D eigenvalue weighted by Gasteiger charge is 2.59. The number of nitrogens with zero attached hydrogens (tertiary/aromatic N) is 3. The maximum Gasteiger partial charge on any atom is 0.293 e. The Kier molecular flexibility index (Phi) is 7.93. The van der Waals surface area contributed by atoms with Crippen LogP contribution in [0.4, 0.5) is 22.7 Å².